The second-order valence-electron chi connectivity index (χ2n) is 5.58. The van der Waals surface area contributed by atoms with Crippen LogP contribution in [0, 0.1) is 0 Å². The highest BCUT2D eigenvalue weighted by Crippen LogP contribution is 2.23. The number of aromatic nitrogens is 3. The van der Waals surface area contributed by atoms with E-state index in [0.717, 1.165) is 28.2 Å². The molecule has 0 atom stereocenters. The Kier molecular flexibility index (Phi) is 3.74. The Morgan fingerprint density at radius 3 is 2.36 bits per heavy atom. The summed E-state index contributed by atoms with van der Waals surface area (Å²) in [5.41, 5.74) is 4.26. The standard InChI is InChI=1S/C20H15N3O2/c1-25-20(24)16-9-7-15(8-10-16)19-22-12-17-11-21-18(13-23(17)19)14-5-3-2-4-6-14/h2-13H,1H3. The largest absolute Gasteiger partial charge is 0.465 e. The van der Waals surface area contributed by atoms with Gasteiger partial charge in [0.2, 0.25) is 0 Å². The van der Waals surface area contributed by atoms with E-state index in [-0.39, 0.29) is 5.97 Å². The Morgan fingerprint density at radius 1 is 0.920 bits per heavy atom. The number of carbonyl (C=O) groups is 1. The summed E-state index contributed by atoms with van der Waals surface area (Å²) < 4.78 is 6.74. The maximum Gasteiger partial charge on any atom is 0.337 e. The highest BCUT2D eigenvalue weighted by atomic mass is 16.5. The molecule has 0 aliphatic heterocycles. The molecule has 0 spiro atoms. The van der Waals surface area contributed by atoms with Gasteiger partial charge in [-0.05, 0) is 12.1 Å². The zero-order chi connectivity index (χ0) is 17.2. The molecule has 0 saturated heterocycles. The lowest BCUT2D eigenvalue weighted by atomic mass is 10.1. The Balaban J connectivity index is 1.78. The first-order valence-electron chi connectivity index (χ1n) is 7.83. The SMILES string of the molecule is COC(=O)c1ccc(-c2ncc3cnc(-c4ccccc4)cn23)cc1. The van der Waals surface area contributed by atoms with E-state index in [4.69, 9.17) is 4.74 Å². The molecule has 0 aliphatic carbocycles. The lowest BCUT2D eigenvalue weighted by molar-refractivity contribution is 0.0601. The van der Waals surface area contributed by atoms with Gasteiger partial charge in [-0.3, -0.25) is 9.38 Å². The zero-order valence-electron chi connectivity index (χ0n) is 13.6. The van der Waals surface area contributed by atoms with Gasteiger partial charge < -0.3 is 4.74 Å². The first kappa shape index (κ1) is 15.1. The summed E-state index contributed by atoms with van der Waals surface area (Å²) in [4.78, 5) is 20.6. The van der Waals surface area contributed by atoms with Crippen molar-refractivity contribution in [1.82, 2.24) is 14.4 Å². The van der Waals surface area contributed by atoms with Gasteiger partial charge in [0.05, 0.1) is 36.3 Å². The molecule has 5 heteroatoms. The second kappa shape index (κ2) is 6.20. The second-order valence-corrected chi connectivity index (χ2v) is 5.58. The number of benzene rings is 2. The van der Waals surface area contributed by atoms with Crippen LogP contribution in [0.25, 0.3) is 28.2 Å². The minimum atomic E-state index is -0.352. The van der Waals surface area contributed by atoms with Crippen LogP contribution in [0.5, 0.6) is 0 Å². The van der Waals surface area contributed by atoms with Crippen LogP contribution in [-0.2, 0) is 4.74 Å². The smallest absolute Gasteiger partial charge is 0.337 e. The Labute approximate surface area is 144 Å². The van der Waals surface area contributed by atoms with E-state index in [0.29, 0.717) is 5.56 Å². The number of carbonyl (C=O) groups excluding carboxylic acids is 1. The summed E-state index contributed by atoms with van der Waals surface area (Å²) in [5, 5.41) is 0. The van der Waals surface area contributed by atoms with Gasteiger partial charge in [-0.15, -0.1) is 0 Å². The Morgan fingerprint density at radius 2 is 1.64 bits per heavy atom. The summed E-state index contributed by atoms with van der Waals surface area (Å²) in [5.74, 6) is 0.445. The van der Waals surface area contributed by atoms with E-state index >= 15 is 0 Å². The molecular formula is C20H15N3O2. The summed E-state index contributed by atoms with van der Waals surface area (Å²) in [6.07, 6.45) is 5.56. The van der Waals surface area contributed by atoms with Gasteiger partial charge >= 0.3 is 5.97 Å². The van der Waals surface area contributed by atoms with Crippen molar-refractivity contribution in [3.63, 3.8) is 0 Å². The molecule has 4 rings (SSSR count). The van der Waals surface area contributed by atoms with Crippen molar-refractivity contribution < 1.29 is 9.53 Å². The van der Waals surface area contributed by atoms with Crippen molar-refractivity contribution in [2.24, 2.45) is 0 Å². The molecule has 122 valence electrons. The molecule has 0 aliphatic rings. The first-order chi connectivity index (χ1) is 12.3. The maximum absolute atomic E-state index is 11.6. The molecule has 0 amide bonds. The summed E-state index contributed by atoms with van der Waals surface area (Å²) >= 11 is 0. The van der Waals surface area contributed by atoms with Crippen molar-refractivity contribution in [1.29, 1.82) is 0 Å². The lowest BCUT2D eigenvalue weighted by Crippen LogP contribution is -2.00. The summed E-state index contributed by atoms with van der Waals surface area (Å²) in [6, 6.07) is 17.2. The van der Waals surface area contributed by atoms with Crippen LogP contribution >= 0.6 is 0 Å². The van der Waals surface area contributed by atoms with E-state index in [2.05, 4.69) is 9.97 Å². The number of esters is 1. The number of hydrogen-bond donors (Lipinski definition) is 0. The van der Waals surface area contributed by atoms with Gasteiger partial charge in [0.15, 0.2) is 0 Å². The number of ether oxygens (including phenoxy) is 1. The molecule has 5 nitrogen and oxygen atoms in total. The molecule has 0 N–H and O–H groups in total. The van der Waals surface area contributed by atoms with Gasteiger partial charge in [-0.1, -0.05) is 42.5 Å². The van der Waals surface area contributed by atoms with Crippen LogP contribution in [0.3, 0.4) is 0 Å². The highest BCUT2D eigenvalue weighted by molar-refractivity contribution is 5.89. The molecule has 2 heterocycles. The van der Waals surface area contributed by atoms with Crippen molar-refractivity contribution in [3.05, 3.63) is 78.8 Å². The average molecular weight is 329 g/mol. The molecular weight excluding hydrogens is 314 g/mol. The third kappa shape index (κ3) is 2.76. The van der Waals surface area contributed by atoms with Gasteiger partial charge in [0.25, 0.3) is 0 Å². The van der Waals surface area contributed by atoms with Crippen molar-refractivity contribution >= 4 is 11.5 Å². The van der Waals surface area contributed by atoms with Gasteiger partial charge in [-0.25, -0.2) is 9.78 Å². The predicted octanol–water partition coefficient (Wildman–Crippen LogP) is 3.85. The zero-order valence-corrected chi connectivity index (χ0v) is 13.6. The minimum absolute atomic E-state index is 0.352. The van der Waals surface area contributed by atoms with Crippen LogP contribution in [0.1, 0.15) is 10.4 Å². The molecule has 2 aromatic carbocycles. The molecule has 0 fully saturated rings. The third-order valence-corrected chi connectivity index (χ3v) is 4.05. The van der Waals surface area contributed by atoms with Crippen LogP contribution in [0.15, 0.2) is 73.2 Å². The fourth-order valence-corrected chi connectivity index (χ4v) is 2.74. The number of nitrogens with zero attached hydrogens (tertiary/aromatic N) is 3. The van der Waals surface area contributed by atoms with Crippen LogP contribution < -0.4 is 0 Å². The van der Waals surface area contributed by atoms with Gasteiger partial charge in [-0.2, -0.15) is 0 Å². The molecule has 0 bridgehead atoms. The first-order valence-corrected chi connectivity index (χ1v) is 7.83. The van der Waals surface area contributed by atoms with Crippen LogP contribution in [0.2, 0.25) is 0 Å². The summed E-state index contributed by atoms with van der Waals surface area (Å²) in [7, 11) is 1.37. The number of hydrogen-bond acceptors (Lipinski definition) is 4. The van der Waals surface area contributed by atoms with Crippen LogP contribution in [0.4, 0.5) is 0 Å². The molecule has 25 heavy (non-hydrogen) atoms. The maximum atomic E-state index is 11.6. The minimum Gasteiger partial charge on any atom is -0.465 e. The molecule has 4 aromatic rings. The molecule has 0 radical (unpaired) electrons. The Bertz CT molecular complexity index is 1040. The summed E-state index contributed by atoms with van der Waals surface area (Å²) in [6.45, 7) is 0. The van der Waals surface area contributed by atoms with Crippen molar-refractivity contribution in [3.8, 4) is 22.6 Å². The molecule has 2 aromatic heterocycles. The number of fused-ring (bicyclic) bond motifs is 1. The van der Waals surface area contributed by atoms with E-state index in [1.165, 1.54) is 7.11 Å². The number of rotatable bonds is 3. The topological polar surface area (TPSA) is 56.5 Å². The monoisotopic (exact) mass is 329 g/mol. The van der Waals surface area contributed by atoms with Crippen molar-refractivity contribution in [2.45, 2.75) is 0 Å². The highest BCUT2D eigenvalue weighted by Gasteiger charge is 2.10. The third-order valence-electron chi connectivity index (χ3n) is 4.05. The fraction of sp³-hybridized carbons (Fsp3) is 0.0500. The molecule has 0 unspecified atom stereocenters. The normalized spacial score (nSPS) is 10.8. The average Bonchev–Trinajstić information content (AvgIpc) is 3.11. The van der Waals surface area contributed by atoms with E-state index < -0.39 is 0 Å². The number of imidazole rings is 1. The number of methoxy groups -OCH3 is 1. The predicted molar refractivity (Wildman–Crippen MR) is 95.2 cm³/mol. The fourth-order valence-electron chi connectivity index (χ4n) is 2.74. The lowest BCUT2D eigenvalue weighted by Gasteiger charge is -2.06. The van der Waals surface area contributed by atoms with Crippen LogP contribution in [-0.4, -0.2) is 27.4 Å². The molecule has 0 saturated carbocycles. The van der Waals surface area contributed by atoms with Gasteiger partial charge in [0, 0.05) is 17.3 Å². The van der Waals surface area contributed by atoms with Gasteiger partial charge in [0.1, 0.15) is 5.82 Å². The van der Waals surface area contributed by atoms with Crippen molar-refractivity contribution in [2.75, 3.05) is 7.11 Å². The van der Waals surface area contributed by atoms with E-state index in [1.54, 1.807) is 18.3 Å². The quantitative estimate of drug-likeness (QED) is 0.536. The van der Waals surface area contributed by atoms with E-state index in [9.17, 15) is 4.79 Å². The van der Waals surface area contributed by atoms with E-state index in [1.807, 2.05) is 59.3 Å². The Hall–Kier alpha value is -3.47.